The molecule has 0 spiro atoms. The number of piperidine rings is 1. The van der Waals surface area contributed by atoms with Crippen molar-refractivity contribution in [1.82, 2.24) is 15.5 Å². The fourth-order valence-corrected chi connectivity index (χ4v) is 3.01. The predicted octanol–water partition coefficient (Wildman–Crippen LogP) is 0.746. The Morgan fingerprint density at radius 2 is 2.35 bits per heavy atom. The lowest BCUT2D eigenvalue weighted by atomic mass is 10.0. The monoisotopic (exact) mass is 283 g/mol. The number of ether oxygens (including phenoxy) is 1. The molecule has 0 radical (unpaired) electrons. The summed E-state index contributed by atoms with van der Waals surface area (Å²) in [5, 5.41) is 6.28. The highest BCUT2D eigenvalue weighted by atomic mass is 16.5. The molecule has 116 valence electrons. The van der Waals surface area contributed by atoms with Gasteiger partial charge in [0.15, 0.2) is 0 Å². The minimum Gasteiger partial charge on any atom is -0.366 e. The summed E-state index contributed by atoms with van der Waals surface area (Å²) in [6.45, 7) is 7.45. The zero-order chi connectivity index (χ0) is 14.2. The first-order valence-electron chi connectivity index (χ1n) is 8.15. The Morgan fingerprint density at radius 1 is 1.45 bits per heavy atom. The fraction of sp³-hybridized carbons (Fsp3) is 0.933. The number of likely N-dealkylation sites (tertiary alicyclic amines) is 1. The van der Waals surface area contributed by atoms with Gasteiger partial charge in [-0.2, -0.15) is 0 Å². The molecule has 0 bridgehead atoms. The van der Waals surface area contributed by atoms with E-state index < -0.39 is 0 Å². The average Bonchev–Trinajstić information content (AvgIpc) is 2.52. The van der Waals surface area contributed by atoms with Crippen molar-refractivity contribution in [2.24, 2.45) is 0 Å². The van der Waals surface area contributed by atoms with Crippen LogP contribution in [0.5, 0.6) is 0 Å². The van der Waals surface area contributed by atoms with Crippen LogP contribution in [0.25, 0.3) is 0 Å². The second-order valence-electron chi connectivity index (χ2n) is 5.85. The summed E-state index contributed by atoms with van der Waals surface area (Å²) >= 11 is 0. The van der Waals surface area contributed by atoms with Gasteiger partial charge in [0.25, 0.3) is 5.91 Å². The number of carbonyl (C=O) groups excluding carboxylic acids is 1. The predicted molar refractivity (Wildman–Crippen MR) is 79.7 cm³/mol. The SMILES string of the molecule is CCCCN1CCCCC1CNC(=O)C1CNCCO1. The second-order valence-corrected chi connectivity index (χ2v) is 5.85. The van der Waals surface area contributed by atoms with Crippen LogP contribution >= 0.6 is 0 Å². The molecule has 2 aliphatic rings. The third kappa shape index (κ3) is 4.72. The number of hydrogen-bond donors (Lipinski definition) is 2. The van der Waals surface area contributed by atoms with Gasteiger partial charge in [0.05, 0.1) is 6.61 Å². The van der Waals surface area contributed by atoms with Crippen LogP contribution in [-0.2, 0) is 9.53 Å². The molecule has 1 amide bonds. The van der Waals surface area contributed by atoms with Crippen molar-refractivity contribution in [2.75, 3.05) is 39.3 Å². The van der Waals surface area contributed by atoms with Crippen LogP contribution in [0, 0.1) is 0 Å². The van der Waals surface area contributed by atoms with Gasteiger partial charge in [-0.1, -0.05) is 19.8 Å². The minimum atomic E-state index is -0.309. The van der Waals surface area contributed by atoms with Gasteiger partial charge in [-0.05, 0) is 32.4 Å². The van der Waals surface area contributed by atoms with Crippen molar-refractivity contribution in [3.8, 4) is 0 Å². The van der Waals surface area contributed by atoms with E-state index in [9.17, 15) is 4.79 Å². The second kappa shape index (κ2) is 8.60. The van der Waals surface area contributed by atoms with E-state index in [1.165, 1.54) is 45.2 Å². The maximum Gasteiger partial charge on any atom is 0.250 e. The molecule has 2 saturated heterocycles. The van der Waals surface area contributed by atoms with E-state index in [1.807, 2.05) is 0 Å². The van der Waals surface area contributed by atoms with E-state index in [0.717, 1.165) is 13.1 Å². The number of rotatable bonds is 6. The molecule has 2 fully saturated rings. The first-order valence-corrected chi connectivity index (χ1v) is 8.15. The Balaban J connectivity index is 1.73. The average molecular weight is 283 g/mol. The highest BCUT2D eigenvalue weighted by molar-refractivity contribution is 5.81. The lowest BCUT2D eigenvalue weighted by Crippen LogP contribution is -2.52. The van der Waals surface area contributed by atoms with E-state index in [0.29, 0.717) is 19.2 Å². The first-order chi connectivity index (χ1) is 9.81. The van der Waals surface area contributed by atoms with Crippen LogP contribution < -0.4 is 10.6 Å². The topological polar surface area (TPSA) is 53.6 Å². The Morgan fingerprint density at radius 3 is 3.10 bits per heavy atom. The van der Waals surface area contributed by atoms with Crippen molar-refractivity contribution in [3.63, 3.8) is 0 Å². The van der Waals surface area contributed by atoms with Gasteiger partial charge in [-0.3, -0.25) is 9.69 Å². The summed E-state index contributed by atoms with van der Waals surface area (Å²) < 4.78 is 5.48. The van der Waals surface area contributed by atoms with Crippen LogP contribution in [-0.4, -0.2) is 62.3 Å². The molecule has 0 aromatic rings. The number of hydrogen-bond acceptors (Lipinski definition) is 4. The molecule has 0 aliphatic carbocycles. The molecule has 2 unspecified atom stereocenters. The summed E-state index contributed by atoms with van der Waals surface area (Å²) in [6.07, 6.45) is 5.95. The third-order valence-corrected chi connectivity index (χ3v) is 4.28. The summed E-state index contributed by atoms with van der Waals surface area (Å²) in [5.41, 5.74) is 0. The van der Waals surface area contributed by atoms with Crippen molar-refractivity contribution < 1.29 is 9.53 Å². The van der Waals surface area contributed by atoms with Crippen molar-refractivity contribution in [2.45, 2.75) is 51.2 Å². The number of nitrogens with one attached hydrogen (secondary N) is 2. The maximum absolute atomic E-state index is 12.1. The maximum atomic E-state index is 12.1. The normalized spacial score (nSPS) is 28.2. The highest BCUT2D eigenvalue weighted by Gasteiger charge is 2.25. The fourth-order valence-electron chi connectivity index (χ4n) is 3.01. The minimum absolute atomic E-state index is 0.0400. The van der Waals surface area contributed by atoms with Crippen LogP contribution in [0.1, 0.15) is 39.0 Å². The third-order valence-electron chi connectivity index (χ3n) is 4.28. The smallest absolute Gasteiger partial charge is 0.250 e. The van der Waals surface area contributed by atoms with Crippen LogP contribution in [0.15, 0.2) is 0 Å². The zero-order valence-electron chi connectivity index (χ0n) is 12.7. The number of carbonyl (C=O) groups is 1. The Labute approximate surface area is 122 Å². The van der Waals surface area contributed by atoms with Gasteiger partial charge in [0.1, 0.15) is 6.10 Å². The van der Waals surface area contributed by atoms with Gasteiger partial charge < -0.3 is 15.4 Å². The number of nitrogens with zero attached hydrogens (tertiary/aromatic N) is 1. The van der Waals surface area contributed by atoms with E-state index in [4.69, 9.17) is 4.74 Å². The van der Waals surface area contributed by atoms with Gasteiger partial charge in [0, 0.05) is 25.7 Å². The molecule has 2 rings (SSSR count). The van der Waals surface area contributed by atoms with E-state index in [1.54, 1.807) is 0 Å². The summed E-state index contributed by atoms with van der Waals surface area (Å²) in [5.74, 6) is 0.0400. The van der Waals surface area contributed by atoms with Crippen molar-refractivity contribution >= 4 is 5.91 Å². The number of morpholine rings is 1. The quantitative estimate of drug-likeness (QED) is 0.755. The van der Waals surface area contributed by atoms with E-state index in [-0.39, 0.29) is 12.0 Å². The molecule has 0 aromatic heterocycles. The molecular weight excluding hydrogens is 254 g/mol. The Hall–Kier alpha value is -0.650. The Kier molecular flexibility index (Phi) is 6.76. The van der Waals surface area contributed by atoms with Crippen molar-refractivity contribution in [3.05, 3.63) is 0 Å². The molecule has 5 heteroatoms. The van der Waals surface area contributed by atoms with Crippen LogP contribution in [0.2, 0.25) is 0 Å². The summed E-state index contributed by atoms with van der Waals surface area (Å²) in [4.78, 5) is 14.6. The molecule has 5 nitrogen and oxygen atoms in total. The number of amides is 1. The Bertz CT molecular complexity index is 293. The highest BCUT2D eigenvalue weighted by Crippen LogP contribution is 2.17. The lowest BCUT2D eigenvalue weighted by Gasteiger charge is -2.36. The molecule has 0 saturated carbocycles. The van der Waals surface area contributed by atoms with Gasteiger partial charge in [0.2, 0.25) is 0 Å². The molecule has 2 N–H and O–H groups in total. The summed E-state index contributed by atoms with van der Waals surface area (Å²) in [7, 11) is 0. The largest absolute Gasteiger partial charge is 0.366 e. The standard InChI is InChI=1S/C15H29N3O2/c1-2-3-8-18-9-5-4-6-13(18)11-17-15(19)14-12-16-7-10-20-14/h13-14,16H,2-12H2,1H3,(H,17,19). The molecule has 2 aliphatic heterocycles. The van der Waals surface area contributed by atoms with Gasteiger partial charge in [-0.25, -0.2) is 0 Å². The van der Waals surface area contributed by atoms with E-state index >= 15 is 0 Å². The summed E-state index contributed by atoms with van der Waals surface area (Å²) in [6, 6.07) is 0.510. The van der Waals surface area contributed by atoms with Gasteiger partial charge in [-0.15, -0.1) is 0 Å². The van der Waals surface area contributed by atoms with Crippen LogP contribution in [0.3, 0.4) is 0 Å². The number of unbranched alkanes of at least 4 members (excludes halogenated alkanes) is 1. The molecule has 20 heavy (non-hydrogen) atoms. The molecule has 0 aromatic carbocycles. The molecular formula is C15H29N3O2. The molecule has 2 heterocycles. The lowest BCUT2D eigenvalue weighted by molar-refractivity contribution is -0.134. The zero-order valence-corrected chi connectivity index (χ0v) is 12.7. The van der Waals surface area contributed by atoms with E-state index in [2.05, 4.69) is 22.5 Å². The van der Waals surface area contributed by atoms with Gasteiger partial charge >= 0.3 is 0 Å². The van der Waals surface area contributed by atoms with Crippen LogP contribution in [0.4, 0.5) is 0 Å². The molecule has 2 atom stereocenters. The first kappa shape index (κ1) is 15.7. The van der Waals surface area contributed by atoms with Crippen molar-refractivity contribution in [1.29, 1.82) is 0 Å².